The molecule has 0 unspecified atom stereocenters. The van der Waals surface area contributed by atoms with Crippen molar-refractivity contribution in [3.63, 3.8) is 0 Å². The van der Waals surface area contributed by atoms with Gasteiger partial charge in [0.2, 0.25) is 11.8 Å². The van der Waals surface area contributed by atoms with Crippen molar-refractivity contribution in [3.05, 3.63) is 23.8 Å². The largest absolute Gasteiger partial charge is 0.377 e. The number of benzene rings is 1. The number of carbonyl (C=O) groups excluding carboxylic acids is 2. The van der Waals surface area contributed by atoms with Crippen LogP contribution in [0.3, 0.4) is 0 Å². The average molecular weight is 414 g/mol. The molecule has 1 N–H and O–H groups in total. The minimum absolute atomic E-state index is 0.0317. The van der Waals surface area contributed by atoms with Crippen molar-refractivity contribution in [3.8, 4) is 0 Å². The van der Waals surface area contributed by atoms with E-state index in [1.807, 2.05) is 20.2 Å². The van der Waals surface area contributed by atoms with E-state index in [2.05, 4.69) is 48.0 Å². The Hall–Kier alpha value is -2.04. The molecule has 3 rings (SSSR count). The SMILES string of the molecule is CN(C)c1ccc(NC(=O)CC(C)(C)C)cc1CN(C(=O)C1CC1)C1CCCCC1. The molecule has 1 aromatic rings. The van der Waals surface area contributed by atoms with Crippen molar-refractivity contribution < 1.29 is 9.59 Å². The van der Waals surface area contributed by atoms with E-state index in [1.165, 1.54) is 19.3 Å². The third-order valence-electron chi connectivity index (χ3n) is 6.10. The molecule has 0 spiro atoms. The zero-order valence-corrected chi connectivity index (χ0v) is 19.5. The van der Waals surface area contributed by atoms with Crippen molar-refractivity contribution in [1.82, 2.24) is 4.90 Å². The van der Waals surface area contributed by atoms with E-state index in [0.29, 0.717) is 24.9 Å². The number of anilines is 2. The second-order valence-corrected chi connectivity index (χ2v) is 10.6. The molecule has 30 heavy (non-hydrogen) atoms. The van der Waals surface area contributed by atoms with Gasteiger partial charge >= 0.3 is 0 Å². The predicted octanol–water partition coefficient (Wildman–Crippen LogP) is 5.20. The van der Waals surface area contributed by atoms with Gasteiger partial charge in [0.05, 0.1) is 0 Å². The van der Waals surface area contributed by atoms with Crippen LogP contribution in [0.25, 0.3) is 0 Å². The van der Waals surface area contributed by atoms with Crippen molar-refractivity contribution in [2.24, 2.45) is 11.3 Å². The Morgan fingerprint density at radius 1 is 1.03 bits per heavy atom. The Bertz CT molecular complexity index is 756. The van der Waals surface area contributed by atoms with Crippen LogP contribution in [0.15, 0.2) is 18.2 Å². The number of hydrogen-bond acceptors (Lipinski definition) is 3. The molecule has 1 aromatic carbocycles. The summed E-state index contributed by atoms with van der Waals surface area (Å²) in [5.74, 6) is 0.586. The lowest BCUT2D eigenvalue weighted by Crippen LogP contribution is -2.42. The maximum atomic E-state index is 13.2. The molecule has 2 saturated carbocycles. The monoisotopic (exact) mass is 413 g/mol. The van der Waals surface area contributed by atoms with Crippen LogP contribution in [-0.2, 0) is 16.1 Å². The molecule has 2 aliphatic carbocycles. The molecular formula is C25H39N3O2. The van der Waals surface area contributed by atoms with Gasteiger partial charge in [-0.25, -0.2) is 0 Å². The molecule has 0 aliphatic heterocycles. The first-order valence-electron chi connectivity index (χ1n) is 11.5. The standard InChI is InChI=1S/C25H39N3O2/c1-25(2,3)16-23(29)26-20-13-14-22(27(4)5)19(15-20)17-28(24(30)18-11-12-18)21-9-7-6-8-10-21/h13-15,18,21H,6-12,16-17H2,1-5H3,(H,26,29). The van der Waals surface area contributed by atoms with Crippen molar-refractivity contribution in [2.45, 2.75) is 84.7 Å². The molecule has 5 nitrogen and oxygen atoms in total. The molecule has 0 heterocycles. The van der Waals surface area contributed by atoms with Crippen molar-refractivity contribution in [1.29, 1.82) is 0 Å². The summed E-state index contributed by atoms with van der Waals surface area (Å²) >= 11 is 0. The van der Waals surface area contributed by atoms with Crippen LogP contribution in [0.5, 0.6) is 0 Å². The molecule has 166 valence electrons. The number of rotatable bonds is 7. The van der Waals surface area contributed by atoms with E-state index in [0.717, 1.165) is 42.6 Å². The molecule has 5 heteroatoms. The fourth-order valence-corrected chi connectivity index (χ4v) is 4.44. The smallest absolute Gasteiger partial charge is 0.226 e. The van der Waals surface area contributed by atoms with Crippen LogP contribution < -0.4 is 10.2 Å². The van der Waals surface area contributed by atoms with Gasteiger partial charge in [-0.1, -0.05) is 40.0 Å². The fraction of sp³-hybridized carbons (Fsp3) is 0.680. The average Bonchev–Trinajstić information content (AvgIpc) is 3.50. The van der Waals surface area contributed by atoms with Crippen molar-refractivity contribution in [2.75, 3.05) is 24.3 Å². The van der Waals surface area contributed by atoms with Crippen molar-refractivity contribution >= 4 is 23.2 Å². The normalized spacial score (nSPS) is 17.5. The van der Waals surface area contributed by atoms with Gasteiger partial charge in [-0.3, -0.25) is 9.59 Å². The first kappa shape index (κ1) is 22.6. The molecule has 2 amide bonds. The minimum Gasteiger partial charge on any atom is -0.377 e. The predicted molar refractivity (Wildman–Crippen MR) is 124 cm³/mol. The zero-order valence-electron chi connectivity index (χ0n) is 19.5. The van der Waals surface area contributed by atoms with Crippen LogP contribution >= 0.6 is 0 Å². The minimum atomic E-state index is -0.0506. The van der Waals surface area contributed by atoms with E-state index < -0.39 is 0 Å². The molecule has 0 saturated heterocycles. The number of nitrogens with one attached hydrogen (secondary N) is 1. The fourth-order valence-electron chi connectivity index (χ4n) is 4.44. The first-order chi connectivity index (χ1) is 14.1. The van der Waals surface area contributed by atoms with E-state index in [9.17, 15) is 9.59 Å². The molecule has 0 radical (unpaired) electrons. The highest BCUT2D eigenvalue weighted by atomic mass is 16.2. The highest BCUT2D eigenvalue weighted by molar-refractivity contribution is 5.91. The Morgan fingerprint density at radius 2 is 1.70 bits per heavy atom. The lowest BCUT2D eigenvalue weighted by atomic mass is 9.92. The molecular weight excluding hydrogens is 374 g/mol. The van der Waals surface area contributed by atoms with Gasteiger partial charge in [-0.2, -0.15) is 0 Å². The summed E-state index contributed by atoms with van der Waals surface area (Å²) in [6, 6.07) is 6.43. The summed E-state index contributed by atoms with van der Waals surface area (Å²) in [5.41, 5.74) is 2.97. The first-order valence-corrected chi connectivity index (χ1v) is 11.5. The van der Waals surface area contributed by atoms with Crippen LogP contribution in [0.4, 0.5) is 11.4 Å². The molecule has 2 aliphatic rings. The van der Waals surface area contributed by atoms with E-state index in [-0.39, 0.29) is 17.2 Å². The highest BCUT2D eigenvalue weighted by Crippen LogP contribution is 2.36. The quantitative estimate of drug-likeness (QED) is 0.668. The van der Waals surface area contributed by atoms with Gasteiger partial charge in [-0.15, -0.1) is 0 Å². The van der Waals surface area contributed by atoms with E-state index >= 15 is 0 Å². The summed E-state index contributed by atoms with van der Waals surface area (Å²) in [5, 5.41) is 3.06. The Morgan fingerprint density at radius 3 is 2.27 bits per heavy atom. The van der Waals surface area contributed by atoms with Gasteiger partial charge in [0.15, 0.2) is 0 Å². The summed E-state index contributed by atoms with van der Waals surface area (Å²) in [6.07, 6.45) is 8.46. The third-order valence-corrected chi connectivity index (χ3v) is 6.10. The van der Waals surface area contributed by atoms with Crippen LogP contribution in [0.2, 0.25) is 0 Å². The van der Waals surface area contributed by atoms with Gasteiger partial charge in [0.1, 0.15) is 0 Å². The summed E-state index contributed by atoms with van der Waals surface area (Å²) in [7, 11) is 4.06. The Balaban J connectivity index is 1.83. The number of nitrogens with zero attached hydrogens (tertiary/aromatic N) is 2. The van der Waals surface area contributed by atoms with Gasteiger partial charge in [0, 0.05) is 50.4 Å². The highest BCUT2D eigenvalue weighted by Gasteiger charge is 2.37. The second kappa shape index (κ2) is 9.40. The number of amides is 2. The number of carbonyl (C=O) groups is 2. The Kier molecular flexibility index (Phi) is 7.10. The third kappa shape index (κ3) is 6.23. The molecule has 2 fully saturated rings. The topological polar surface area (TPSA) is 52.7 Å². The molecule has 0 aromatic heterocycles. The molecule has 0 atom stereocenters. The number of hydrogen-bond donors (Lipinski definition) is 1. The van der Waals surface area contributed by atoms with E-state index in [1.54, 1.807) is 0 Å². The lowest BCUT2D eigenvalue weighted by molar-refractivity contribution is -0.136. The molecule has 0 bridgehead atoms. The second-order valence-electron chi connectivity index (χ2n) is 10.6. The zero-order chi connectivity index (χ0) is 21.9. The summed E-state index contributed by atoms with van der Waals surface area (Å²) in [4.78, 5) is 29.8. The van der Waals surface area contributed by atoms with Gasteiger partial charge in [0.25, 0.3) is 0 Å². The van der Waals surface area contributed by atoms with E-state index in [4.69, 9.17) is 0 Å². The summed E-state index contributed by atoms with van der Waals surface area (Å²) < 4.78 is 0. The van der Waals surface area contributed by atoms with Gasteiger partial charge < -0.3 is 15.1 Å². The van der Waals surface area contributed by atoms with Crippen LogP contribution in [-0.4, -0.2) is 36.9 Å². The van der Waals surface area contributed by atoms with Gasteiger partial charge in [-0.05, 0) is 54.9 Å². The maximum absolute atomic E-state index is 13.2. The van der Waals surface area contributed by atoms with Crippen LogP contribution in [0, 0.1) is 11.3 Å². The Labute approximate surface area is 182 Å². The lowest BCUT2D eigenvalue weighted by Gasteiger charge is -2.35. The summed E-state index contributed by atoms with van der Waals surface area (Å²) in [6.45, 7) is 6.83. The van der Waals surface area contributed by atoms with Crippen LogP contribution in [0.1, 0.15) is 77.7 Å². The maximum Gasteiger partial charge on any atom is 0.226 e.